The third-order valence-corrected chi connectivity index (χ3v) is 5.21. The largest absolute Gasteiger partial charge is 0.396 e. The van der Waals surface area contributed by atoms with Crippen molar-refractivity contribution in [2.75, 3.05) is 6.61 Å². The molecular weight excluding hydrogens is 302 g/mol. The summed E-state index contributed by atoms with van der Waals surface area (Å²) in [6, 6.07) is 3.72. The summed E-state index contributed by atoms with van der Waals surface area (Å²) in [6.07, 6.45) is 4.32. The number of aliphatic hydroxyl groups excluding tert-OH is 2. The van der Waals surface area contributed by atoms with Crippen molar-refractivity contribution in [3.8, 4) is 5.13 Å². The van der Waals surface area contributed by atoms with E-state index in [1.807, 2.05) is 36.0 Å². The molecule has 0 aliphatic heterocycles. The van der Waals surface area contributed by atoms with Gasteiger partial charge in [-0.3, -0.25) is 4.79 Å². The Balaban J connectivity index is 1.71. The molecule has 2 aromatic rings. The standard InChI is InChI=1S/C15H19N3O3S/c1-9-13(22-15(16-9)18-4-2-3-5-18)14(21)17-11-6-10(8-19)12(20)7-11/h2-5,10-12,19-20H,6-8H2,1H3,(H,17,21). The third-order valence-electron chi connectivity index (χ3n) is 4.04. The minimum Gasteiger partial charge on any atom is -0.396 e. The zero-order valence-corrected chi connectivity index (χ0v) is 13.1. The summed E-state index contributed by atoms with van der Waals surface area (Å²) in [6.45, 7) is 1.77. The second kappa shape index (κ2) is 6.20. The van der Waals surface area contributed by atoms with Crippen molar-refractivity contribution in [3.05, 3.63) is 35.1 Å². The summed E-state index contributed by atoms with van der Waals surface area (Å²) in [5, 5.41) is 22.7. The highest BCUT2D eigenvalue weighted by molar-refractivity contribution is 7.16. The molecule has 3 unspecified atom stereocenters. The maximum atomic E-state index is 12.4. The molecule has 7 heteroatoms. The van der Waals surface area contributed by atoms with Crippen molar-refractivity contribution in [3.63, 3.8) is 0 Å². The number of thiazole rings is 1. The molecule has 3 rings (SSSR count). The summed E-state index contributed by atoms with van der Waals surface area (Å²) in [5.41, 5.74) is 0.698. The van der Waals surface area contributed by atoms with Crippen molar-refractivity contribution in [1.82, 2.24) is 14.9 Å². The van der Waals surface area contributed by atoms with Gasteiger partial charge in [0.15, 0.2) is 5.13 Å². The van der Waals surface area contributed by atoms with Gasteiger partial charge >= 0.3 is 0 Å². The summed E-state index contributed by atoms with van der Waals surface area (Å²) in [7, 11) is 0. The molecule has 6 nitrogen and oxygen atoms in total. The molecule has 2 heterocycles. The normalized spacial score (nSPS) is 24.6. The molecule has 0 aromatic carbocycles. The minimum absolute atomic E-state index is 0.0507. The highest BCUT2D eigenvalue weighted by Gasteiger charge is 2.33. The number of aliphatic hydroxyl groups is 2. The van der Waals surface area contributed by atoms with Gasteiger partial charge in [0.05, 0.1) is 11.8 Å². The molecule has 2 aromatic heterocycles. The number of aryl methyl sites for hydroxylation is 1. The topological polar surface area (TPSA) is 87.4 Å². The second-order valence-electron chi connectivity index (χ2n) is 5.65. The van der Waals surface area contributed by atoms with Crippen LogP contribution >= 0.6 is 11.3 Å². The van der Waals surface area contributed by atoms with Crippen LogP contribution in [-0.4, -0.2) is 44.4 Å². The fraction of sp³-hybridized carbons (Fsp3) is 0.467. The lowest BCUT2D eigenvalue weighted by Gasteiger charge is -2.11. The fourth-order valence-corrected chi connectivity index (χ4v) is 3.77. The maximum absolute atomic E-state index is 12.4. The Bertz CT molecular complexity index is 653. The van der Waals surface area contributed by atoms with E-state index >= 15 is 0 Å². The molecule has 1 aliphatic rings. The van der Waals surface area contributed by atoms with Crippen molar-refractivity contribution >= 4 is 17.2 Å². The molecule has 1 saturated carbocycles. The van der Waals surface area contributed by atoms with E-state index in [4.69, 9.17) is 0 Å². The van der Waals surface area contributed by atoms with Gasteiger partial charge in [0.25, 0.3) is 5.91 Å². The first-order valence-electron chi connectivity index (χ1n) is 7.29. The van der Waals surface area contributed by atoms with E-state index in [-0.39, 0.29) is 24.5 Å². The lowest BCUT2D eigenvalue weighted by Crippen LogP contribution is -2.33. The molecule has 0 radical (unpaired) electrons. The van der Waals surface area contributed by atoms with E-state index in [1.54, 1.807) is 0 Å². The van der Waals surface area contributed by atoms with Crippen molar-refractivity contribution in [2.24, 2.45) is 5.92 Å². The Kier molecular flexibility index (Phi) is 4.28. The number of hydrogen-bond donors (Lipinski definition) is 3. The summed E-state index contributed by atoms with van der Waals surface area (Å²) in [4.78, 5) is 17.4. The molecular formula is C15H19N3O3S. The number of hydrogen-bond acceptors (Lipinski definition) is 5. The molecule has 1 amide bonds. The first-order valence-corrected chi connectivity index (χ1v) is 8.10. The molecule has 3 N–H and O–H groups in total. The molecule has 22 heavy (non-hydrogen) atoms. The molecule has 0 spiro atoms. The predicted octanol–water partition coefficient (Wildman–Crippen LogP) is 1.10. The van der Waals surface area contributed by atoms with Gasteiger partial charge in [0.2, 0.25) is 0 Å². The van der Waals surface area contributed by atoms with E-state index < -0.39 is 6.10 Å². The molecule has 3 atom stereocenters. The van der Waals surface area contributed by atoms with E-state index in [9.17, 15) is 15.0 Å². The second-order valence-corrected chi connectivity index (χ2v) is 6.63. The first kappa shape index (κ1) is 15.2. The minimum atomic E-state index is -0.548. The number of nitrogens with zero attached hydrogens (tertiary/aromatic N) is 2. The lowest BCUT2D eigenvalue weighted by atomic mass is 10.1. The highest BCUT2D eigenvalue weighted by atomic mass is 32.1. The Hall–Kier alpha value is -1.70. The fourth-order valence-electron chi connectivity index (χ4n) is 2.83. The van der Waals surface area contributed by atoms with Crippen molar-refractivity contribution in [1.29, 1.82) is 0 Å². The Labute approximate surface area is 132 Å². The average Bonchev–Trinajstić information content (AvgIpc) is 3.18. The summed E-state index contributed by atoms with van der Waals surface area (Å²) < 4.78 is 1.87. The number of aromatic nitrogens is 2. The van der Waals surface area contributed by atoms with Crippen LogP contribution in [0, 0.1) is 12.8 Å². The van der Waals surface area contributed by atoms with Gasteiger partial charge in [-0.15, -0.1) is 0 Å². The van der Waals surface area contributed by atoms with Crippen molar-refractivity contribution in [2.45, 2.75) is 31.9 Å². The average molecular weight is 321 g/mol. The van der Waals surface area contributed by atoms with E-state index in [1.165, 1.54) is 11.3 Å². The molecule has 1 fully saturated rings. The molecule has 118 valence electrons. The highest BCUT2D eigenvalue weighted by Crippen LogP contribution is 2.27. The predicted molar refractivity (Wildman–Crippen MR) is 83.2 cm³/mol. The zero-order valence-electron chi connectivity index (χ0n) is 12.3. The Morgan fingerprint density at radius 3 is 2.82 bits per heavy atom. The molecule has 0 saturated heterocycles. The van der Waals surface area contributed by atoms with E-state index in [0.717, 1.165) is 5.13 Å². The van der Waals surface area contributed by atoms with E-state index in [2.05, 4.69) is 10.3 Å². The van der Waals surface area contributed by atoms with Crippen LogP contribution in [0.1, 0.15) is 28.2 Å². The van der Waals surface area contributed by atoms with Crippen molar-refractivity contribution < 1.29 is 15.0 Å². The van der Waals surface area contributed by atoms with Crippen LogP contribution in [0.4, 0.5) is 0 Å². The van der Waals surface area contributed by atoms with Gasteiger partial charge in [0, 0.05) is 31.0 Å². The molecule has 1 aliphatic carbocycles. The van der Waals surface area contributed by atoms with Crippen LogP contribution in [0.3, 0.4) is 0 Å². The smallest absolute Gasteiger partial charge is 0.263 e. The number of carbonyl (C=O) groups excluding carboxylic acids is 1. The monoisotopic (exact) mass is 321 g/mol. The lowest BCUT2D eigenvalue weighted by molar-refractivity contribution is 0.0904. The van der Waals surface area contributed by atoms with Gasteiger partial charge in [0.1, 0.15) is 4.88 Å². The Morgan fingerprint density at radius 1 is 1.45 bits per heavy atom. The van der Waals surface area contributed by atoms with Crippen LogP contribution in [0.2, 0.25) is 0 Å². The van der Waals surface area contributed by atoms with Gasteiger partial charge < -0.3 is 20.1 Å². The zero-order chi connectivity index (χ0) is 15.7. The van der Waals surface area contributed by atoms with Gasteiger partial charge in [-0.25, -0.2) is 4.98 Å². The van der Waals surface area contributed by atoms with Crippen LogP contribution in [-0.2, 0) is 0 Å². The van der Waals surface area contributed by atoms with Crippen LogP contribution < -0.4 is 5.32 Å². The van der Waals surface area contributed by atoms with Gasteiger partial charge in [-0.2, -0.15) is 0 Å². The summed E-state index contributed by atoms with van der Waals surface area (Å²) >= 11 is 1.34. The third kappa shape index (κ3) is 2.92. The number of carbonyl (C=O) groups is 1. The number of rotatable bonds is 4. The number of nitrogens with one attached hydrogen (secondary N) is 1. The summed E-state index contributed by atoms with van der Waals surface area (Å²) in [5.74, 6) is -0.313. The quantitative estimate of drug-likeness (QED) is 0.787. The van der Waals surface area contributed by atoms with Gasteiger partial charge in [-0.05, 0) is 31.9 Å². The Morgan fingerprint density at radius 2 is 2.18 bits per heavy atom. The number of amides is 1. The molecule has 0 bridgehead atoms. The van der Waals surface area contributed by atoms with Crippen LogP contribution in [0.5, 0.6) is 0 Å². The van der Waals surface area contributed by atoms with E-state index in [0.29, 0.717) is 23.4 Å². The SMILES string of the molecule is Cc1nc(-n2cccc2)sc1C(=O)NC1CC(O)C(CO)C1. The first-order chi connectivity index (χ1) is 10.6. The van der Waals surface area contributed by atoms with Crippen LogP contribution in [0.15, 0.2) is 24.5 Å². The van der Waals surface area contributed by atoms with Gasteiger partial charge in [-0.1, -0.05) is 11.3 Å². The maximum Gasteiger partial charge on any atom is 0.263 e. The van der Waals surface area contributed by atoms with Crippen LogP contribution in [0.25, 0.3) is 5.13 Å².